The summed E-state index contributed by atoms with van der Waals surface area (Å²) < 4.78 is 9.57. The fraction of sp³-hybridized carbons (Fsp3) is 0.235. The minimum absolute atomic E-state index is 0.128. The number of rotatable bonds is 4. The number of nitrogens with zero attached hydrogens (tertiary/aromatic N) is 1. The molecule has 138 valence electrons. The molecule has 3 rings (SSSR count). The average molecular weight is 802 g/mol. The van der Waals surface area contributed by atoms with E-state index in [-0.39, 0.29) is 17.7 Å². The van der Waals surface area contributed by atoms with Crippen LogP contribution < -0.4 is 10.1 Å². The number of phenolic OH excluding ortho intramolecular Hbond substituents is 1. The van der Waals surface area contributed by atoms with E-state index in [2.05, 4.69) is 108 Å². The smallest absolute Gasteiger partial charge is 0.240 e. The van der Waals surface area contributed by atoms with Crippen molar-refractivity contribution in [3.63, 3.8) is 0 Å². The third-order valence-corrected chi connectivity index (χ3v) is 7.20. The number of benzene rings is 2. The molecule has 1 saturated heterocycles. The molecular weight excluding hydrogens is 788 g/mol. The van der Waals surface area contributed by atoms with E-state index < -0.39 is 0 Å². The highest BCUT2D eigenvalue weighted by Crippen LogP contribution is 2.37. The molecule has 26 heavy (non-hydrogen) atoms. The SMILES string of the molecule is CN1CN[C@@H](Cc2cc(I)c(Oc3cc(I)c(O)c(I)c3)c(I)c2)C1=O. The van der Waals surface area contributed by atoms with Gasteiger partial charge in [0.15, 0.2) is 5.75 Å². The van der Waals surface area contributed by atoms with Gasteiger partial charge in [-0.05, 0) is 127 Å². The van der Waals surface area contributed by atoms with E-state index in [1.807, 2.05) is 12.1 Å². The molecule has 0 aliphatic carbocycles. The van der Waals surface area contributed by atoms with E-state index >= 15 is 0 Å². The van der Waals surface area contributed by atoms with E-state index in [9.17, 15) is 9.90 Å². The maximum Gasteiger partial charge on any atom is 0.240 e. The van der Waals surface area contributed by atoms with Crippen LogP contribution in [0.15, 0.2) is 24.3 Å². The van der Waals surface area contributed by atoms with Gasteiger partial charge in [-0.25, -0.2) is 0 Å². The topological polar surface area (TPSA) is 61.8 Å². The molecule has 0 saturated carbocycles. The maximum atomic E-state index is 12.1. The van der Waals surface area contributed by atoms with Crippen molar-refractivity contribution in [1.29, 1.82) is 0 Å². The Balaban J connectivity index is 1.83. The van der Waals surface area contributed by atoms with Crippen LogP contribution in [-0.2, 0) is 11.2 Å². The molecule has 2 aromatic carbocycles. The van der Waals surface area contributed by atoms with E-state index in [1.54, 1.807) is 11.9 Å². The third kappa shape index (κ3) is 4.68. The van der Waals surface area contributed by atoms with Crippen LogP contribution in [0.4, 0.5) is 0 Å². The van der Waals surface area contributed by atoms with Crippen molar-refractivity contribution in [2.75, 3.05) is 13.7 Å². The lowest BCUT2D eigenvalue weighted by molar-refractivity contribution is -0.127. The molecular formula is C17H14I4N2O3. The summed E-state index contributed by atoms with van der Waals surface area (Å²) in [5.74, 6) is 1.88. The standard InChI is InChI=1S/C17H14I4N2O3/c1-23-7-22-14(17(23)25)4-8-2-12(20)16(13(21)3-8)26-9-5-10(18)15(24)11(19)6-9/h2-3,5-6,14,22,24H,4,7H2,1H3/t14-/m0/s1. The van der Waals surface area contributed by atoms with Crippen LogP contribution in [0.5, 0.6) is 17.2 Å². The fourth-order valence-corrected chi connectivity index (χ4v) is 6.45. The van der Waals surface area contributed by atoms with Gasteiger partial charge in [-0.15, -0.1) is 0 Å². The summed E-state index contributed by atoms with van der Waals surface area (Å²) in [5.41, 5.74) is 1.10. The van der Waals surface area contributed by atoms with Crippen molar-refractivity contribution in [3.05, 3.63) is 44.1 Å². The predicted molar refractivity (Wildman–Crippen MR) is 134 cm³/mol. The molecule has 1 fully saturated rings. The van der Waals surface area contributed by atoms with E-state index in [0.29, 0.717) is 18.8 Å². The second kappa shape index (κ2) is 8.82. The zero-order chi connectivity index (χ0) is 19.0. The zero-order valence-corrected chi connectivity index (χ0v) is 22.2. The Labute approximate surface area is 206 Å². The first-order valence-corrected chi connectivity index (χ1v) is 11.9. The number of likely N-dealkylation sites (N-methyl/N-ethyl adjacent to an activating group) is 1. The fourth-order valence-electron chi connectivity index (χ4n) is 2.62. The minimum atomic E-state index is -0.168. The number of ether oxygens (including phenoxy) is 1. The first kappa shape index (κ1) is 21.1. The Kier molecular flexibility index (Phi) is 7.16. The summed E-state index contributed by atoms with van der Waals surface area (Å²) in [7, 11) is 1.81. The molecule has 0 aromatic heterocycles. The Bertz CT molecular complexity index is 829. The highest BCUT2D eigenvalue weighted by Gasteiger charge is 2.28. The second-order valence-electron chi connectivity index (χ2n) is 5.88. The van der Waals surface area contributed by atoms with Crippen LogP contribution in [0, 0.1) is 14.3 Å². The Morgan fingerprint density at radius 1 is 1.12 bits per heavy atom. The van der Waals surface area contributed by atoms with Crippen LogP contribution in [-0.4, -0.2) is 35.7 Å². The summed E-state index contributed by atoms with van der Waals surface area (Å²) in [6.45, 7) is 0.594. The number of hydrogen-bond donors (Lipinski definition) is 2. The summed E-state index contributed by atoms with van der Waals surface area (Å²) in [4.78, 5) is 13.8. The summed E-state index contributed by atoms with van der Waals surface area (Å²) >= 11 is 8.70. The molecule has 0 bridgehead atoms. The van der Waals surface area contributed by atoms with E-state index in [0.717, 1.165) is 25.6 Å². The van der Waals surface area contributed by atoms with E-state index in [4.69, 9.17) is 4.74 Å². The number of phenols is 1. The first-order valence-electron chi connectivity index (χ1n) is 7.58. The molecule has 9 heteroatoms. The summed E-state index contributed by atoms with van der Waals surface area (Å²) in [6, 6.07) is 7.58. The molecule has 0 spiro atoms. The zero-order valence-electron chi connectivity index (χ0n) is 13.5. The minimum Gasteiger partial charge on any atom is -0.506 e. The summed E-state index contributed by atoms with van der Waals surface area (Å²) in [5, 5.41) is 13.1. The number of hydrogen-bond acceptors (Lipinski definition) is 4. The van der Waals surface area contributed by atoms with Crippen molar-refractivity contribution < 1.29 is 14.6 Å². The number of carbonyl (C=O) groups is 1. The van der Waals surface area contributed by atoms with Crippen molar-refractivity contribution >= 4 is 96.3 Å². The lowest BCUT2D eigenvalue weighted by Gasteiger charge is -2.15. The highest BCUT2D eigenvalue weighted by atomic mass is 127. The Hall–Kier alpha value is 0.390. The molecule has 5 nitrogen and oxygen atoms in total. The van der Waals surface area contributed by atoms with Gasteiger partial charge < -0.3 is 14.7 Å². The predicted octanol–water partition coefficient (Wildman–Crippen LogP) is 4.53. The average Bonchev–Trinajstić information content (AvgIpc) is 2.88. The van der Waals surface area contributed by atoms with Gasteiger partial charge in [-0.3, -0.25) is 10.1 Å². The largest absolute Gasteiger partial charge is 0.506 e. The first-order chi connectivity index (χ1) is 12.3. The van der Waals surface area contributed by atoms with Gasteiger partial charge in [0.1, 0.15) is 11.5 Å². The van der Waals surface area contributed by atoms with Crippen LogP contribution in [0.25, 0.3) is 0 Å². The quantitative estimate of drug-likeness (QED) is 0.447. The number of aromatic hydroxyl groups is 1. The number of nitrogens with one attached hydrogen (secondary N) is 1. The van der Waals surface area contributed by atoms with Gasteiger partial charge >= 0.3 is 0 Å². The Morgan fingerprint density at radius 3 is 2.19 bits per heavy atom. The monoisotopic (exact) mass is 802 g/mol. The van der Waals surface area contributed by atoms with E-state index in [1.165, 1.54) is 0 Å². The van der Waals surface area contributed by atoms with Crippen LogP contribution in [0.1, 0.15) is 5.56 Å². The summed E-state index contributed by atoms with van der Waals surface area (Å²) in [6.07, 6.45) is 0.657. The number of amides is 1. The highest BCUT2D eigenvalue weighted by molar-refractivity contribution is 14.1. The number of carbonyl (C=O) groups excluding carboxylic acids is 1. The van der Waals surface area contributed by atoms with Crippen LogP contribution in [0.3, 0.4) is 0 Å². The molecule has 1 aliphatic heterocycles. The molecule has 0 unspecified atom stereocenters. The molecule has 1 aliphatic rings. The van der Waals surface area contributed by atoms with Gasteiger partial charge in [0.25, 0.3) is 0 Å². The van der Waals surface area contributed by atoms with Crippen molar-refractivity contribution in [1.82, 2.24) is 10.2 Å². The van der Waals surface area contributed by atoms with Gasteiger partial charge in [0.05, 0.1) is 27.0 Å². The lowest BCUT2D eigenvalue weighted by Crippen LogP contribution is -2.31. The van der Waals surface area contributed by atoms with Crippen LogP contribution >= 0.6 is 90.4 Å². The molecule has 1 atom stereocenters. The second-order valence-corrected chi connectivity index (χ2v) is 10.5. The molecule has 1 amide bonds. The van der Waals surface area contributed by atoms with Gasteiger partial charge in [0.2, 0.25) is 5.91 Å². The van der Waals surface area contributed by atoms with Crippen LogP contribution in [0.2, 0.25) is 0 Å². The van der Waals surface area contributed by atoms with Crippen molar-refractivity contribution in [3.8, 4) is 17.2 Å². The lowest BCUT2D eigenvalue weighted by atomic mass is 10.1. The van der Waals surface area contributed by atoms with Gasteiger partial charge in [0, 0.05) is 7.05 Å². The third-order valence-electron chi connectivity index (χ3n) is 3.96. The van der Waals surface area contributed by atoms with Gasteiger partial charge in [-0.2, -0.15) is 0 Å². The molecule has 0 radical (unpaired) electrons. The molecule has 2 N–H and O–H groups in total. The van der Waals surface area contributed by atoms with Crippen molar-refractivity contribution in [2.24, 2.45) is 0 Å². The molecule has 2 aromatic rings. The van der Waals surface area contributed by atoms with Gasteiger partial charge in [-0.1, -0.05) is 0 Å². The Morgan fingerprint density at radius 2 is 1.69 bits per heavy atom. The normalized spacial score (nSPS) is 17.0. The number of halogens is 4. The maximum absolute atomic E-state index is 12.1. The van der Waals surface area contributed by atoms with Crippen molar-refractivity contribution in [2.45, 2.75) is 12.5 Å². The molecule has 1 heterocycles.